The van der Waals surface area contributed by atoms with Gasteiger partial charge in [-0.3, -0.25) is 4.79 Å². The van der Waals surface area contributed by atoms with E-state index in [1.807, 2.05) is 6.07 Å². The number of nitrogens with zero attached hydrogens (tertiary/aromatic N) is 1. The van der Waals surface area contributed by atoms with Gasteiger partial charge in [-0.2, -0.15) is 0 Å². The molecule has 1 amide bonds. The lowest BCUT2D eigenvalue weighted by molar-refractivity contribution is -0.114. The fourth-order valence-corrected chi connectivity index (χ4v) is 1.25. The molecule has 1 unspecified atom stereocenters. The largest absolute Gasteiger partial charge is 0.373 e. The van der Waals surface area contributed by atoms with Gasteiger partial charge in [0, 0.05) is 19.5 Å². The van der Waals surface area contributed by atoms with Crippen LogP contribution < -0.4 is 5.32 Å². The maximum absolute atomic E-state index is 10.7. The molecule has 0 aliphatic carbocycles. The Kier molecular flexibility index (Phi) is 2.45. The lowest BCUT2D eigenvalue weighted by atomic mass is 10.2. The molecule has 1 aliphatic rings. The molecule has 0 spiro atoms. The monoisotopic (exact) mass is 192 g/mol. The topological polar surface area (TPSA) is 54.5 Å². The first-order valence-electron chi connectivity index (χ1n) is 4.58. The van der Waals surface area contributed by atoms with E-state index in [4.69, 9.17) is 4.74 Å². The molecule has 0 aromatic carbocycles. The minimum atomic E-state index is -0.101. The molecule has 14 heavy (non-hydrogen) atoms. The number of anilines is 1. The second-order valence-electron chi connectivity index (χ2n) is 3.39. The molecule has 0 saturated carbocycles. The summed E-state index contributed by atoms with van der Waals surface area (Å²) in [5.41, 5.74) is 1.14. The van der Waals surface area contributed by atoms with E-state index in [0.29, 0.717) is 11.9 Å². The summed E-state index contributed by atoms with van der Waals surface area (Å²) in [6.07, 6.45) is 3.06. The van der Waals surface area contributed by atoms with Crippen molar-refractivity contribution in [3.8, 4) is 0 Å². The first-order valence-corrected chi connectivity index (χ1v) is 4.58. The molecule has 1 atom stereocenters. The van der Waals surface area contributed by atoms with Crippen LogP contribution in [-0.2, 0) is 16.0 Å². The van der Waals surface area contributed by atoms with Crippen molar-refractivity contribution >= 4 is 11.7 Å². The number of carbonyl (C=O) groups excluding carboxylic acids is 1. The highest BCUT2D eigenvalue weighted by Gasteiger charge is 2.22. The van der Waals surface area contributed by atoms with E-state index < -0.39 is 0 Å². The molecule has 4 heteroatoms. The average molecular weight is 192 g/mol. The molecule has 1 aromatic heterocycles. The maximum atomic E-state index is 10.7. The van der Waals surface area contributed by atoms with Gasteiger partial charge in [0.05, 0.1) is 12.7 Å². The molecule has 0 radical (unpaired) electrons. The van der Waals surface area contributed by atoms with Crippen LogP contribution in [0.15, 0.2) is 18.3 Å². The zero-order valence-electron chi connectivity index (χ0n) is 7.99. The van der Waals surface area contributed by atoms with Crippen molar-refractivity contribution in [1.82, 2.24) is 4.98 Å². The maximum Gasteiger partial charge on any atom is 0.222 e. The van der Waals surface area contributed by atoms with Crippen molar-refractivity contribution in [2.75, 3.05) is 11.9 Å². The standard InChI is InChI=1S/C10H12N2O2/c1-7(13)12-10-3-2-8(5-11-10)4-9-6-14-9/h2-3,5,9H,4,6H2,1H3,(H,11,12,13). The third-order valence-electron chi connectivity index (χ3n) is 1.99. The normalized spacial score (nSPS) is 19.1. The number of amides is 1. The zero-order valence-corrected chi connectivity index (χ0v) is 7.99. The summed E-state index contributed by atoms with van der Waals surface area (Å²) in [7, 11) is 0. The van der Waals surface area contributed by atoms with Gasteiger partial charge in [-0.05, 0) is 11.6 Å². The Labute approximate surface area is 82.3 Å². The molecular formula is C10H12N2O2. The van der Waals surface area contributed by atoms with Gasteiger partial charge < -0.3 is 10.1 Å². The summed E-state index contributed by atoms with van der Waals surface area (Å²) in [4.78, 5) is 14.8. The van der Waals surface area contributed by atoms with Crippen molar-refractivity contribution in [3.63, 3.8) is 0 Å². The van der Waals surface area contributed by atoms with Gasteiger partial charge in [0.25, 0.3) is 0 Å². The number of carbonyl (C=O) groups is 1. The Hall–Kier alpha value is -1.42. The number of epoxide rings is 1. The van der Waals surface area contributed by atoms with Crippen LogP contribution in [0.5, 0.6) is 0 Å². The number of hydrogen-bond donors (Lipinski definition) is 1. The summed E-state index contributed by atoms with van der Waals surface area (Å²) >= 11 is 0. The molecule has 0 bridgehead atoms. The van der Waals surface area contributed by atoms with E-state index in [-0.39, 0.29) is 5.91 Å². The van der Waals surface area contributed by atoms with Crippen LogP contribution in [0.2, 0.25) is 0 Å². The molecule has 1 aliphatic heterocycles. The molecule has 2 heterocycles. The molecular weight excluding hydrogens is 180 g/mol. The zero-order chi connectivity index (χ0) is 9.97. The van der Waals surface area contributed by atoms with Gasteiger partial charge in [-0.25, -0.2) is 4.98 Å². The smallest absolute Gasteiger partial charge is 0.222 e. The predicted molar refractivity (Wildman–Crippen MR) is 52.0 cm³/mol. The Balaban J connectivity index is 1.97. The molecule has 74 valence electrons. The number of pyridine rings is 1. The highest BCUT2D eigenvalue weighted by atomic mass is 16.6. The van der Waals surface area contributed by atoms with Gasteiger partial charge in [0.1, 0.15) is 5.82 Å². The van der Waals surface area contributed by atoms with Crippen molar-refractivity contribution < 1.29 is 9.53 Å². The van der Waals surface area contributed by atoms with Crippen LogP contribution in [0.1, 0.15) is 12.5 Å². The van der Waals surface area contributed by atoms with Crippen molar-refractivity contribution in [1.29, 1.82) is 0 Å². The summed E-state index contributed by atoms with van der Waals surface area (Å²) < 4.78 is 5.11. The van der Waals surface area contributed by atoms with E-state index in [9.17, 15) is 4.79 Å². The molecule has 4 nitrogen and oxygen atoms in total. The highest BCUT2D eigenvalue weighted by Crippen LogP contribution is 2.16. The summed E-state index contributed by atoms with van der Waals surface area (Å²) in [5.74, 6) is 0.494. The first-order chi connectivity index (χ1) is 6.74. The van der Waals surface area contributed by atoms with Crippen LogP contribution in [0.4, 0.5) is 5.82 Å². The van der Waals surface area contributed by atoms with Gasteiger partial charge in [0.15, 0.2) is 0 Å². The molecule has 2 rings (SSSR count). The minimum Gasteiger partial charge on any atom is -0.373 e. The van der Waals surface area contributed by atoms with Crippen LogP contribution in [0, 0.1) is 0 Å². The van der Waals surface area contributed by atoms with E-state index in [0.717, 1.165) is 18.6 Å². The van der Waals surface area contributed by atoms with Crippen molar-refractivity contribution in [2.45, 2.75) is 19.4 Å². The van der Waals surface area contributed by atoms with E-state index in [1.54, 1.807) is 12.3 Å². The summed E-state index contributed by atoms with van der Waals surface area (Å²) in [6.45, 7) is 2.32. The minimum absolute atomic E-state index is 0.101. The highest BCUT2D eigenvalue weighted by molar-refractivity contribution is 5.87. The van der Waals surface area contributed by atoms with E-state index in [1.165, 1.54) is 6.92 Å². The van der Waals surface area contributed by atoms with E-state index >= 15 is 0 Å². The Bertz CT molecular complexity index is 330. The van der Waals surface area contributed by atoms with E-state index in [2.05, 4.69) is 10.3 Å². The number of hydrogen-bond acceptors (Lipinski definition) is 3. The average Bonchev–Trinajstić information content (AvgIpc) is 2.91. The number of ether oxygens (including phenoxy) is 1. The quantitative estimate of drug-likeness (QED) is 0.726. The Morgan fingerprint density at radius 2 is 2.50 bits per heavy atom. The fourth-order valence-electron chi connectivity index (χ4n) is 1.25. The Morgan fingerprint density at radius 3 is 3.00 bits per heavy atom. The van der Waals surface area contributed by atoms with Gasteiger partial charge in [0.2, 0.25) is 5.91 Å². The summed E-state index contributed by atoms with van der Waals surface area (Å²) in [5, 5.41) is 2.62. The number of aromatic nitrogens is 1. The molecule has 1 aromatic rings. The lowest BCUT2D eigenvalue weighted by Gasteiger charge is -2.01. The first kappa shape index (κ1) is 9.15. The fraction of sp³-hybridized carbons (Fsp3) is 0.400. The molecule has 1 fully saturated rings. The van der Waals surface area contributed by atoms with Crippen LogP contribution in [0.25, 0.3) is 0 Å². The molecule has 1 N–H and O–H groups in total. The SMILES string of the molecule is CC(=O)Nc1ccc(CC2CO2)cn1. The number of rotatable bonds is 3. The second-order valence-corrected chi connectivity index (χ2v) is 3.39. The number of nitrogens with one attached hydrogen (secondary N) is 1. The van der Waals surface area contributed by atoms with Crippen LogP contribution >= 0.6 is 0 Å². The van der Waals surface area contributed by atoms with Crippen molar-refractivity contribution in [2.24, 2.45) is 0 Å². The predicted octanol–water partition coefficient (Wildman–Crippen LogP) is 0.981. The van der Waals surface area contributed by atoms with Gasteiger partial charge in [-0.15, -0.1) is 0 Å². The van der Waals surface area contributed by atoms with Crippen LogP contribution in [-0.4, -0.2) is 23.6 Å². The van der Waals surface area contributed by atoms with Crippen molar-refractivity contribution in [3.05, 3.63) is 23.9 Å². The molecule has 1 saturated heterocycles. The lowest BCUT2D eigenvalue weighted by Crippen LogP contribution is -2.07. The third kappa shape index (κ3) is 2.53. The second kappa shape index (κ2) is 3.75. The third-order valence-corrected chi connectivity index (χ3v) is 1.99. The van der Waals surface area contributed by atoms with Gasteiger partial charge >= 0.3 is 0 Å². The van der Waals surface area contributed by atoms with Crippen LogP contribution in [0.3, 0.4) is 0 Å². The Morgan fingerprint density at radius 1 is 1.71 bits per heavy atom. The van der Waals surface area contributed by atoms with Gasteiger partial charge in [-0.1, -0.05) is 6.07 Å². The summed E-state index contributed by atoms with van der Waals surface area (Å²) in [6, 6.07) is 3.76.